The fourth-order valence-electron chi connectivity index (χ4n) is 1.69. The average molecular weight is 282 g/mol. The van der Waals surface area contributed by atoms with Crippen molar-refractivity contribution in [3.63, 3.8) is 0 Å². The van der Waals surface area contributed by atoms with E-state index in [4.69, 9.17) is 0 Å². The first-order valence-electron chi connectivity index (χ1n) is 6.06. The average Bonchev–Trinajstić information content (AvgIpc) is 2.27. The highest BCUT2D eigenvalue weighted by atomic mass is 32.2. The molecule has 0 spiro atoms. The Bertz CT molecular complexity index is 489. The van der Waals surface area contributed by atoms with Gasteiger partial charge in [-0.1, -0.05) is 0 Å². The number of aromatic nitrogens is 1. The molecule has 0 unspecified atom stereocenters. The molecule has 1 rings (SSSR count). The second-order valence-electron chi connectivity index (χ2n) is 4.12. The monoisotopic (exact) mass is 282 g/mol. The van der Waals surface area contributed by atoms with Crippen LogP contribution in [0, 0.1) is 13.8 Å². The topological polar surface area (TPSA) is 79.3 Å². The fraction of sp³-hybridized carbons (Fsp3) is 0.462. The minimum absolute atomic E-state index is 0.0312. The van der Waals surface area contributed by atoms with E-state index >= 15 is 0 Å². The summed E-state index contributed by atoms with van der Waals surface area (Å²) in [5, 5.41) is 12.4. The lowest BCUT2D eigenvalue weighted by atomic mass is 10.1. The Morgan fingerprint density at radius 3 is 2.68 bits per heavy atom. The van der Waals surface area contributed by atoms with Gasteiger partial charge in [-0.05, 0) is 32.4 Å². The SMILES string of the molecule is CCNC(=O)CCSc1nc(C)cc(C)c1C(=O)O. The van der Waals surface area contributed by atoms with Gasteiger partial charge in [0.05, 0.1) is 5.56 Å². The number of aryl methyl sites for hydroxylation is 2. The minimum Gasteiger partial charge on any atom is -0.478 e. The minimum atomic E-state index is -0.981. The van der Waals surface area contributed by atoms with E-state index in [1.807, 2.05) is 13.8 Å². The molecular weight excluding hydrogens is 264 g/mol. The van der Waals surface area contributed by atoms with Crippen molar-refractivity contribution < 1.29 is 14.7 Å². The van der Waals surface area contributed by atoms with Crippen LogP contribution in [-0.4, -0.2) is 34.3 Å². The van der Waals surface area contributed by atoms with Crippen LogP contribution in [0.15, 0.2) is 11.1 Å². The lowest BCUT2D eigenvalue weighted by molar-refractivity contribution is -0.120. The molecule has 0 aliphatic heterocycles. The van der Waals surface area contributed by atoms with Crippen LogP contribution in [0.1, 0.15) is 35.0 Å². The van der Waals surface area contributed by atoms with Gasteiger partial charge >= 0.3 is 5.97 Å². The Kier molecular flexibility index (Phi) is 5.82. The van der Waals surface area contributed by atoms with Gasteiger partial charge in [-0.3, -0.25) is 4.79 Å². The summed E-state index contributed by atoms with van der Waals surface area (Å²) in [5.41, 5.74) is 1.70. The third-order valence-corrected chi connectivity index (χ3v) is 3.44. The quantitative estimate of drug-likeness (QED) is 0.780. The van der Waals surface area contributed by atoms with Crippen molar-refractivity contribution in [2.45, 2.75) is 32.2 Å². The summed E-state index contributed by atoms with van der Waals surface area (Å²) in [6.45, 7) is 6.04. The van der Waals surface area contributed by atoms with Crippen LogP contribution in [0.3, 0.4) is 0 Å². The number of carboxylic acid groups (broad SMARTS) is 1. The summed E-state index contributed by atoms with van der Waals surface area (Å²) in [6.07, 6.45) is 0.353. The zero-order valence-electron chi connectivity index (χ0n) is 11.3. The van der Waals surface area contributed by atoms with Crippen LogP contribution in [-0.2, 0) is 4.79 Å². The predicted molar refractivity (Wildman–Crippen MR) is 74.7 cm³/mol. The van der Waals surface area contributed by atoms with Crippen molar-refractivity contribution in [3.8, 4) is 0 Å². The summed E-state index contributed by atoms with van der Waals surface area (Å²) >= 11 is 1.31. The smallest absolute Gasteiger partial charge is 0.338 e. The third-order valence-electron chi connectivity index (χ3n) is 2.47. The molecule has 0 saturated carbocycles. The first-order chi connectivity index (χ1) is 8.95. The normalized spacial score (nSPS) is 10.3. The summed E-state index contributed by atoms with van der Waals surface area (Å²) in [6, 6.07) is 1.75. The number of nitrogens with one attached hydrogen (secondary N) is 1. The molecule has 0 aliphatic rings. The number of carboxylic acids is 1. The van der Waals surface area contributed by atoms with E-state index < -0.39 is 5.97 Å². The number of rotatable bonds is 6. The molecular formula is C13H18N2O3S. The van der Waals surface area contributed by atoms with Crippen molar-refractivity contribution in [3.05, 3.63) is 22.9 Å². The number of carbonyl (C=O) groups excluding carboxylic acids is 1. The number of thioether (sulfide) groups is 1. The van der Waals surface area contributed by atoms with Gasteiger partial charge in [-0.25, -0.2) is 9.78 Å². The zero-order valence-corrected chi connectivity index (χ0v) is 12.1. The highest BCUT2D eigenvalue weighted by Gasteiger charge is 2.16. The van der Waals surface area contributed by atoms with Crippen LogP contribution < -0.4 is 5.32 Å². The van der Waals surface area contributed by atoms with E-state index in [1.54, 1.807) is 13.0 Å². The Balaban J connectivity index is 2.77. The van der Waals surface area contributed by atoms with Crippen LogP contribution in [0.2, 0.25) is 0 Å². The molecule has 104 valence electrons. The molecule has 1 aromatic rings. The van der Waals surface area contributed by atoms with Gasteiger partial charge < -0.3 is 10.4 Å². The number of pyridine rings is 1. The molecule has 0 fully saturated rings. The van der Waals surface area contributed by atoms with Crippen molar-refractivity contribution in [2.75, 3.05) is 12.3 Å². The highest BCUT2D eigenvalue weighted by Crippen LogP contribution is 2.24. The molecule has 0 aliphatic carbocycles. The second kappa shape index (κ2) is 7.13. The Labute approximate surface area is 116 Å². The van der Waals surface area contributed by atoms with Gasteiger partial charge in [-0.15, -0.1) is 11.8 Å². The summed E-state index contributed by atoms with van der Waals surface area (Å²) in [4.78, 5) is 26.8. The lowest BCUT2D eigenvalue weighted by Crippen LogP contribution is -2.22. The molecule has 1 heterocycles. The van der Waals surface area contributed by atoms with Gasteiger partial charge in [0.2, 0.25) is 5.91 Å². The van der Waals surface area contributed by atoms with Gasteiger partial charge in [-0.2, -0.15) is 0 Å². The first kappa shape index (κ1) is 15.5. The van der Waals surface area contributed by atoms with Gasteiger partial charge in [0, 0.05) is 24.4 Å². The van der Waals surface area contributed by atoms with Crippen molar-refractivity contribution in [1.82, 2.24) is 10.3 Å². The molecule has 0 aromatic carbocycles. The number of amides is 1. The van der Waals surface area contributed by atoms with Gasteiger partial charge in [0.25, 0.3) is 0 Å². The summed E-state index contributed by atoms with van der Waals surface area (Å²) < 4.78 is 0. The molecule has 0 radical (unpaired) electrons. The molecule has 6 heteroatoms. The van der Waals surface area contributed by atoms with Gasteiger partial charge in [0.1, 0.15) is 5.03 Å². The molecule has 1 aromatic heterocycles. The molecule has 0 bridgehead atoms. The van der Waals surface area contributed by atoms with E-state index in [0.29, 0.717) is 29.3 Å². The van der Waals surface area contributed by atoms with E-state index in [9.17, 15) is 14.7 Å². The lowest BCUT2D eigenvalue weighted by Gasteiger charge is -2.09. The molecule has 1 amide bonds. The number of carbonyl (C=O) groups is 2. The molecule has 0 atom stereocenters. The second-order valence-corrected chi connectivity index (χ2v) is 5.20. The summed E-state index contributed by atoms with van der Waals surface area (Å²) in [5.74, 6) is -0.496. The number of hydrogen-bond acceptors (Lipinski definition) is 4. The number of hydrogen-bond donors (Lipinski definition) is 2. The molecule has 2 N–H and O–H groups in total. The maximum absolute atomic E-state index is 11.3. The van der Waals surface area contributed by atoms with Crippen molar-refractivity contribution in [1.29, 1.82) is 0 Å². The maximum atomic E-state index is 11.3. The number of aromatic carboxylic acids is 1. The molecule has 19 heavy (non-hydrogen) atoms. The van der Waals surface area contributed by atoms with E-state index in [2.05, 4.69) is 10.3 Å². The predicted octanol–water partition coefficient (Wildman–Crippen LogP) is 2.01. The van der Waals surface area contributed by atoms with Crippen molar-refractivity contribution >= 4 is 23.6 Å². The highest BCUT2D eigenvalue weighted by molar-refractivity contribution is 7.99. The van der Waals surface area contributed by atoms with Crippen LogP contribution in [0.25, 0.3) is 0 Å². The van der Waals surface area contributed by atoms with Gasteiger partial charge in [0.15, 0.2) is 0 Å². The fourth-order valence-corrected chi connectivity index (χ4v) is 2.78. The molecule has 5 nitrogen and oxygen atoms in total. The summed E-state index contributed by atoms with van der Waals surface area (Å²) in [7, 11) is 0. The Hall–Kier alpha value is -1.56. The van der Waals surface area contributed by atoms with Crippen LogP contribution in [0.5, 0.6) is 0 Å². The Morgan fingerprint density at radius 2 is 2.11 bits per heavy atom. The Morgan fingerprint density at radius 1 is 1.42 bits per heavy atom. The van der Waals surface area contributed by atoms with E-state index in [1.165, 1.54) is 11.8 Å². The van der Waals surface area contributed by atoms with E-state index in [-0.39, 0.29) is 11.5 Å². The largest absolute Gasteiger partial charge is 0.478 e. The first-order valence-corrected chi connectivity index (χ1v) is 7.05. The van der Waals surface area contributed by atoms with Crippen LogP contribution in [0.4, 0.5) is 0 Å². The number of nitrogens with zero attached hydrogens (tertiary/aromatic N) is 1. The zero-order chi connectivity index (χ0) is 14.4. The molecule has 0 saturated heterocycles. The standard InChI is InChI=1S/C13H18N2O3S/c1-4-14-10(16)5-6-19-12-11(13(17)18)8(2)7-9(3)15-12/h7H,4-6H2,1-3H3,(H,14,16)(H,17,18). The van der Waals surface area contributed by atoms with Crippen molar-refractivity contribution in [2.24, 2.45) is 0 Å². The van der Waals surface area contributed by atoms with E-state index in [0.717, 1.165) is 5.69 Å². The maximum Gasteiger partial charge on any atom is 0.338 e. The third kappa shape index (κ3) is 4.55. The van der Waals surface area contributed by atoms with Crippen LogP contribution >= 0.6 is 11.8 Å².